The van der Waals surface area contributed by atoms with Crippen LogP contribution < -0.4 is 4.90 Å². The number of nitrogens with zero attached hydrogens (tertiary/aromatic N) is 4. The second-order valence-corrected chi connectivity index (χ2v) is 6.73. The van der Waals surface area contributed by atoms with E-state index in [9.17, 15) is 4.79 Å². The molecule has 0 spiro atoms. The van der Waals surface area contributed by atoms with Crippen molar-refractivity contribution in [2.75, 3.05) is 44.7 Å². The Bertz CT molecular complexity index is 620. The molecule has 1 aromatic rings. The van der Waals surface area contributed by atoms with Gasteiger partial charge >= 0.3 is 0 Å². The van der Waals surface area contributed by atoms with Crippen LogP contribution in [0.15, 0.2) is 18.2 Å². The van der Waals surface area contributed by atoms with Gasteiger partial charge in [0.25, 0.3) is 0 Å². The molecule has 1 atom stereocenters. The Morgan fingerprint density at radius 2 is 2.04 bits per heavy atom. The number of hydrogen-bond donors (Lipinski definition) is 0. The first-order valence-corrected chi connectivity index (χ1v) is 8.69. The van der Waals surface area contributed by atoms with Crippen molar-refractivity contribution < 1.29 is 4.79 Å². The van der Waals surface area contributed by atoms with Gasteiger partial charge in [-0.3, -0.25) is 9.69 Å². The Balaban J connectivity index is 1.93. The van der Waals surface area contributed by atoms with Crippen LogP contribution in [0, 0.1) is 18.3 Å². The molecule has 1 unspecified atom stereocenters. The lowest BCUT2D eigenvalue weighted by Gasteiger charge is -2.40. The zero-order valence-electron chi connectivity index (χ0n) is 14.6. The average molecular weight is 349 g/mol. The smallest absolute Gasteiger partial charge is 0.239 e. The van der Waals surface area contributed by atoms with Crippen LogP contribution in [-0.4, -0.2) is 61.5 Å². The lowest BCUT2D eigenvalue weighted by molar-refractivity contribution is -0.135. The molecule has 2 rings (SSSR count). The van der Waals surface area contributed by atoms with Crippen molar-refractivity contribution in [2.45, 2.75) is 26.3 Å². The zero-order valence-corrected chi connectivity index (χ0v) is 15.4. The lowest BCUT2D eigenvalue weighted by Crippen LogP contribution is -2.54. The summed E-state index contributed by atoms with van der Waals surface area (Å²) in [6.07, 6.45) is 0.372. The van der Waals surface area contributed by atoms with Gasteiger partial charge in [0.1, 0.15) is 0 Å². The van der Waals surface area contributed by atoms with Crippen LogP contribution in [0.2, 0.25) is 5.02 Å². The highest BCUT2D eigenvalue weighted by Gasteiger charge is 2.27. The average Bonchev–Trinajstić information content (AvgIpc) is 2.60. The molecule has 6 heteroatoms. The van der Waals surface area contributed by atoms with Crippen molar-refractivity contribution in [3.8, 4) is 6.07 Å². The summed E-state index contributed by atoms with van der Waals surface area (Å²) in [7, 11) is 1.77. The van der Waals surface area contributed by atoms with E-state index in [1.54, 1.807) is 11.9 Å². The van der Waals surface area contributed by atoms with E-state index in [1.165, 1.54) is 11.3 Å². The number of rotatable bonds is 5. The molecule has 1 fully saturated rings. The predicted octanol–water partition coefficient (Wildman–Crippen LogP) is 2.53. The van der Waals surface area contributed by atoms with Gasteiger partial charge in [0.15, 0.2) is 0 Å². The summed E-state index contributed by atoms with van der Waals surface area (Å²) in [6, 6.07) is 7.89. The SMILES string of the molecule is Cc1ccc(Cl)cc1N1CCN(C(C)C(=O)N(C)CCC#N)CC1. The van der Waals surface area contributed by atoms with Gasteiger partial charge in [-0.05, 0) is 31.5 Å². The maximum atomic E-state index is 12.4. The summed E-state index contributed by atoms with van der Waals surface area (Å²) in [6.45, 7) is 7.96. The fourth-order valence-electron chi connectivity index (χ4n) is 3.08. The number of anilines is 1. The third-order valence-corrected chi connectivity index (χ3v) is 4.90. The molecule has 1 aliphatic rings. The molecule has 0 saturated carbocycles. The van der Waals surface area contributed by atoms with E-state index in [2.05, 4.69) is 22.8 Å². The van der Waals surface area contributed by atoms with Gasteiger partial charge in [0.05, 0.1) is 18.5 Å². The number of benzene rings is 1. The number of hydrogen-bond acceptors (Lipinski definition) is 4. The van der Waals surface area contributed by atoms with E-state index in [4.69, 9.17) is 16.9 Å². The van der Waals surface area contributed by atoms with E-state index in [0.717, 1.165) is 31.2 Å². The van der Waals surface area contributed by atoms with Crippen LogP contribution in [0.25, 0.3) is 0 Å². The number of aryl methyl sites for hydroxylation is 1. The van der Waals surface area contributed by atoms with Crippen molar-refractivity contribution >= 4 is 23.2 Å². The molecule has 0 bridgehead atoms. The number of likely N-dealkylation sites (N-methyl/N-ethyl adjacent to an activating group) is 1. The molecule has 130 valence electrons. The minimum atomic E-state index is -0.156. The molecule has 0 aliphatic carbocycles. The summed E-state index contributed by atoms with van der Waals surface area (Å²) in [5, 5.41) is 9.40. The van der Waals surface area contributed by atoms with Gasteiger partial charge in [-0.25, -0.2) is 0 Å². The van der Waals surface area contributed by atoms with Gasteiger partial charge in [0.2, 0.25) is 5.91 Å². The lowest BCUT2D eigenvalue weighted by atomic mass is 10.1. The van der Waals surface area contributed by atoms with Gasteiger partial charge < -0.3 is 9.80 Å². The van der Waals surface area contributed by atoms with Crippen molar-refractivity contribution in [2.24, 2.45) is 0 Å². The van der Waals surface area contributed by atoms with Crippen LogP contribution in [0.3, 0.4) is 0 Å². The Morgan fingerprint density at radius 1 is 1.38 bits per heavy atom. The van der Waals surface area contributed by atoms with E-state index < -0.39 is 0 Å². The van der Waals surface area contributed by atoms with Gasteiger partial charge in [-0.1, -0.05) is 17.7 Å². The van der Waals surface area contributed by atoms with E-state index in [-0.39, 0.29) is 11.9 Å². The highest BCUT2D eigenvalue weighted by atomic mass is 35.5. The summed E-state index contributed by atoms with van der Waals surface area (Å²) < 4.78 is 0. The number of halogens is 1. The predicted molar refractivity (Wildman–Crippen MR) is 97.3 cm³/mol. The van der Waals surface area contributed by atoms with Crippen LogP contribution in [0.4, 0.5) is 5.69 Å². The molecule has 5 nitrogen and oxygen atoms in total. The maximum Gasteiger partial charge on any atom is 0.239 e. The highest BCUT2D eigenvalue weighted by molar-refractivity contribution is 6.30. The molecule has 1 aromatic carbocycles. The van der Waals surface area contributed by atoms with Gasteiger partial charge in [0, 0.05) is 50.5 Å². The van der Waals surface area contributed by atoms with Crippen molar-refractivity contribution in [3.63, 3.8) is 0 Å². The highest BCUT2D eigenvalue weighted by Crippen LogP contribution is 2.25. The minimum absolute atomic E-state index is 0.0811. The molecule has 1 amide bonds. The first-order valence-electron chi connectivity index (χ1n) is 8.31. The zero-order chi connectivity index (χ0) is 17.7. The summed E-state index contributed by atoms with van der Waals surface area (Å²) in [4.78, 5) is 18.6. The number of carbonyl (C=O) groups excluding carboxylic acids is 1. The van der Waals surface area contributed by atoms with E-state index in [1.807, 2.05) is 25.1 Å². The Morgan fingerprint density at radius 3 is 2.67 bits per heavy atom. The van der Waals surface area contributed by atoms with Gasteiger partial charge in [-0.15, -0.1) is 0 Å². The molecule has 0 N–H and O–H groups in total. The summed E-state index contributed by atoms with van der Waals surface area (Å²) >= 11 is 6.12. The first-order chi connectivity index (χ1) is 11.4. The quantitative estimate of drug-likeness (QED) is 0.820. The van der Waals surface area contributed by atoms with Crippen LogP contribution in [-0.2, 0) is 4.79 Å². The summed E-state index contributed by atoms with van der Waals surface area (Å²) in [5.74, 6) is 0.0811. The third kappa shape index (κ3) is 4.40. The number of piperazine rings is 1. The second kappa shape index (κ2) is 8.36. The monoisotopic (exact) mass is 348 g/mol. The molecule has 0 aromatic heterocycles. The molecule has 1 saturated heterocycles. The molecule has 0 radical (unpaired) electrons. The summed E-state index contributed by atoms with van der Waals surface area (Å²) in [5.41, 5.74) is 2.39. The van der Waals surface area contributed by atoms with Gasteiger partial charge in [-0.2, -0.15) is 5.26 Å². The molecule has 1 heterocycles. The number of amides is 1. The van der Waals surface area contributed by atoms with Crippen LogP contribution in [0.5, 0.6) is 0 Å². The van der Waals surface area contributed by atoms with Crippen molar-refractivity contribution in [3.05, 3.63) is 28.8 Å². The first kappa shape index (κ1) is 18.6. The van der Waals surface area contributed by atoms with E-state index in [0.29, 0.717) is 13.0 Å². The fourth-order valence-corrected chi connectivity index (χ4v) is 3.24. The molecular formula is C18H25ClN4O. The fraction of sp³-hybridized carbons (Fsp3) is 0.556. The van der Waals surface area contributed by atoms with Crippen molar-refractivity contribution in [1.29, 1.82) is 5.26 Å². The Labute approximate surface area is 149 Å². The molecule has 24 heavy (non-hydrogen) atoms. The molecule has 1 aliphatic heterocycles. The van der Waals surface area contributed by atoms with Crippen LogP contribution in [0.1, 0.15) is 18.9 Å². The maximum absolute atomic E-state index is 12.4. The number of carbonyl (C=O) groups is 1. The van der Waals surface area contributed by atoms with Crippen molar-refractivity contribution in [1.82, 2.24) is 9.80 Å². The second-order valence-electron chi connectivity index (χ2n) is 6.30. The minimum Gasteiger partial charge on any atom is -0.369 e. The van der Waals surface area contributed by atoms with Crippen LogP contribution >= 0.6 is 11.6 Å². The Kier molecular flexibility index (Phi) is 6.47. The molecular weight excluding hydrogens is 324 g/mol. The standard InChI is InChI=1S/C18H25ClN4O/c1-14-5-6-16(19)13-17(14)23-11-9-22(10-12-23)15(2)18(24)21(3)8-4-7-20/h5-6,13,15H,4,8-12H2,1-3H3. The normalized spacial score (nSPS) is 16.5. The van der Waals surface area contributed by atoms with E-state index >= 15 is 0 Å². The number of nitriles is 1. The topological polar surface area (TPSA) is 50.6 Å². The third-order valence-electron chi connectivity index (χ3n) is 4.67. The Hall–Kier alpha value is -1.77. The largest absolute Gasteiger partial charge is 0.369 e.